The van der Waals surface area contributed by atoms with E-state index >= 15 is 0 Å². The minimum absolute atomic E-state index is 0.0135. The second-order valence-electron chi connectivity index (χ2n) is 5.10. The van der Waals surface area contributed by atoms with E-state index in [-0.39, 0.29) is 11.1 Å². The molecule has 1 aromatic heterocycles. The Balaban J connectivity index is 2.56. The third-order valence-corrected chi connectivity index (χ3v) is 3.73. The van der Waals surface area contributed by atoms with Gasteiger partial charge in [-0.15, -0.1) is 0 Å². The lowest BCUT2D eigenvalue weighted by Crippen LogP contribution is -2.29. The van der Waals surface area contributed by atoms with Crippen molar-refractivity contribution in [2.24, 2.45) is 5.73 Å². The van der Waals surface area contributed by atoms with Crippen molar-refractivity contribution >= 4 is 21.6 Å². The molecule has 0 amide bonds. The van der Waals surface area contributed by atoms with E-state index < -0.39 is 4.92 Å². The van der Waals surface area contributed by atoms with Crippen molar-refractivity contribution in [1.82, 2.24) is 9.78 Å². The van der Waals surface area contributed by atoms with Gasteiger partial charge in [-0.2, -0.15) is 5.10 Å². The topological polar surface area (TPSA) is 87.0 Å². The van der Waals surface area contributed by atoms with Crippen LogP contribution in [0.3, 0.4) is 0 Å². The standard InChI is InChI=1S/C13H15BrN4O2/c1-13(2,8-15)12-9(14)7-17(16-12)10-5-3-4-6-11(10)18(19)20/h3-7H,8,15H2,1-2H3. The number of para-hydroxylation sites is 2. The number of hydrogen-bond donors (Lipinski definition) is 1. The van der Waals surface area contributed by atoms with Crippen LogP contribution in [0.5, 0.6) is 0 Å². The second kappa shape index (κ2) is 5.34. The molecule has 0 atom stereocenters. The van der Waals surface area contributed by atoms with Crippen molar-refractivity contribution in [3.8, 4) is 5.69 Å². The second-order valence-corrected chi connectivity index (χ2v) is 5.96. The summed E-state index contributed by atoms with van der Waals surface area (Å²) in [7, 11) is 0. The quantitative estimate of drug-likeness (QED) is 0.685. The summed E-state index contributed by atoms with van der Waals surface area (Å²) in [4.78, 5) is 10.7. The molecule has 0 radical (unpaired) electrons. The molecule has 0 aliphatic rings. The minimum Gasteiger partial charge on any atom is -0.330 e. The average Bonchev–Trinajstić information content (AvgIpc) is 2.81. The highest BCUT2D eigenvalue weighted by Crippen LogP contribution is 2.30. The first kappa shape index (κ1) is 14.7. The minimum atomic E-state index is -0.418. The Morgan fingerprint density at radius 3 is 2.70 bits per heavy atom. The lowest BCUT2D eigenvalue weighted by Gasteiger charge is -2.20. The summed E-state index contributed by atoms with van der Waals surface area (Å²) < 4.78 is 2.29. The molecule has 1 heterocycles. The van der Waals surface area contributed by atoms with Gasteiger partial charge in [-0.05, 0) is 22.0 Å². The molecule has 7 heteroatoms. The van der Waals surface area contributed by atoms with Crippen molar-refractivity contribution in [1.29, 1.82) is 0 Å². The number of hydrogen-bond acceptors (Lipinski definition) is 4. The SMILES string of the molecule is CC(C)(CN)c1nn(-c2ccccc2[N+](=O)[O-])cc1Br. The van der Waals surface area contributed by atoms with E-state index in [0.717, 1.165) is 10.2 Å². The van der Waals surface area contributed by atoms with Gasteiger partial charge in [0.15, 0.2) is 0 Å². The number of rotatable bonds is 4. The summed E-state index contributed by atoms with van der Waals surface area (Å²) in [6.45, 7) is 4.38. The van der Waals surface area contributed by atoms with Gasteiger partial charge in [-0.1, -0.05) is 26.0 Å². The summed E-state index contributed by atoms with van der Waals surface area (Å²) in [6, 6.07) is 6.49. The van der Waals surface area contributed by atoms with Crippen molar-refractivity contribution in [3.63, 3.8) is 0 Å². The number of halogens is 1. The molecule has 0 unspecified atom stereocenters. The normalized spacial score (nSPS) is 11.6. The molecule has 0 aliphatic carbocycles. The Labute approximate surface area is 124 Å². The number of nitrogens with zero attached hydrogens (tertiary/aromatic N) is 3. The number of aromatic nitrogens is 2. The lowest BCUT2D eigenvalue weighted by molar-refractivity contribution is -0.384. The van der Waals surface area contributed by atoms with E-state index in [4.69, 9.17) is 5.73 Å². The van der Waals surface area contributed by atoms with Crippen LogP contribution in [0.15, 0.2) is 34.9 Å². The van der Waals surface area contributed by atoms with Crippen molar-refractivity contribution in [2.45, 2.75) is 19.3 Å². The average molecular weight is 339 g/mol. The highest BCUT2D eigenvalue weighted by molar-refractivity contribution is 9.10. The van der Waals surface area contributed by atoms with Crippen molar-refractivity contribution in [2.75, 3.05) is 6.54 Å². The van der Waals surface area contributed by atoms with Crippen LogP contribution in [-0.4, -0.2) is 21.2 Å². The van der Waals surface area contributed by atoms with E-state index in [1.807, 2.05) is 13.8 Å². The monoisotopic (exact) mass is 338 g/mol. The predicted molar refractivity (Wildman–Crippen MR) is 80.0 cm³/mol. The number of nitro benzene ring substituents is 1. The molecule has 2 rings (SSSR count). The first-order valence-corrected chi connectivity index (χ1v) is 6.85. The van der Waals surface area contributed by atoms with Gasteiger partial charge in [-0.3, -0.25) is 10.1 Å². The molecule has 0 saturated heterocycles. The fraction of sp³-hybridized carbons (Fsp3) is 0.308. The van der Waals surface area contributed by atoms with E-state index in [2.05, 4.69) is 21.0 Å². The molecule has 2 aromatic rings. The van der Waals surface area contributed by atoms with E-state index in [0.29, 0.717) is 12.2 Å². The van der Waals surface area contributed by atoms with Crippen LogP contribution < -0.4 is 5.73 Å². The molecule has 0 saturated carbocycles. The number of nitrogens with two attached hydrogens (primary N) is 1. The fourth-order valence-corrected chi connectivity index (χ4v) is 2.65. The molecule has 1 aromatic carbocycles. The van der Waals surface area contributed by atoms with Crippen LogP contribution >= 0.6 is 15.9 Å². The van der Waals surface area contributed by atoms with Crippen LogP contribution in [0.25, 0.3) is 5.69 Å². The smallest absolute Gasteiger partial charge is 0.294 e. The maximum atomic E-state index is 11.1. The third kappa shape index (κ3) is 2.59. The van der Waals surface area contributed by atoms with Crippen LogP contribution in [0.1, 0.15) is 19.5 Å². The molecule has 2 N–H and O–H groups in total. The van der Waals surface area contributed by atoms with Gasteiger partial charge in [0, 0.05) is 24.2 Å². The molecule has 20 heavy (non-hydrogen) atoms. The molecule has 0 bridgehead atoms. The summed E-state index contributed by atoms with van der Waals surface area (Å²) in [6.07, 6.45) is 1.72. The zero-order chi connectivity index (χ0) is 14.9. The molecule has 6 nitrogen and oxygen atoms in total. The zero-order valence-electron chi connectivity index (χ0n) is 11.2. The molecule has 0 fully saturated rings. The van der Waals surface area contributed by atoms with Crippen molar-refractivity contribution < 1.29 is 4.92 Å². The summed E-state index contributed by atoms with van der Waals surface area (Å²) in [5, 5.41) is 15.5. The summed E-state index contributed by atoms with van der Waals surface area (Å²) in [5.41, 5.74) is 6.66. The van der Waals surface area contributed by atoms with Gasteiger partial charge < -0.3 is 5.73 Å². The van der Waals surface area contributed by atoms with E-state index in [1.54, 1.807) is 24.4 Å². The first-order chi connectivity index (χ1) is 9.36. The number of benzene rings is 1. The first-order valence-electron chi connectivity index (χ1n) is 6.06. The highest BCUT2D eigenvalue weighted by atomic mass is 79.9. The van der Waals surface area contributed by atoms with Crippen molar-refractivity contribution in [3.05, 3.63) is 50.7 Å². The van der Waals surface area contributed by atoms with Gasteiger partial charge >= 0.3 is 0 Å². The Bertz CT molecular complexity index is 652. The fourth-order valence-electron chi connectivity index (χ4n) is 1.84. The maximum absolute atomic E-state index is 11.1. The number of nitro groups is 1. The maximum Gasteiger partial charge on any atom is 0.294 e. The summed E-state index contributed by atoms with van der Waals surface area (Å²) >= 11 is 3.44. The largest absolute Gasteiger partial charge is 0.330 e. The molecular weight excluding hydrogens is 324 g/mol. The van der Waals surface area contributed by atoms with Crippen LogP contribution in [0.4, 0.5) is 5.69 Å². The van der Waals surface area contributed by atoms with Crippen LogP contribution in [-0.2, 0) is 5.41 Å². The lowest BCUT2D eigenvalue weighted by atomic mass is 9.90. The highest BCUT2D eigenvalue weighted by Gasteiger charge is 2.26. The van der Waals surface area contributed by atoms with Gasteiger partial charge in [0.1, 0.15) is 5.69 Å². The van der Waals surface area contributed by atoms with Gasteiger partial charge in [0.05, 0.1) is 15.1 Å². The van der Waals surface area contributed by atoms with Crippen LogP contribution in [0, 0.1) is 10.1 Å². The zero-order valence-corrected chi connectivity index (χ0v) is 12.8. The van der Waals surface area contributed by atoms with E-state index in [1.165, 1.54) is 10.7 Å². The summed E-state index contributed by atoms with van der Waals surface area (Å²) in [5.74, 6) is 0. The predicted octanol–water partition coefficient (Wildman–Crippen LogP) is 2.78. The van der Waals surface area contributed by atoms with Gasteiger partial charge in [0.25, 0.3) is 5.69 Å². The Kier molecular flexibility index (Phi) is 3.92. The molecule has 0 spiro atoms. The third-order valence-electron chi connectivity index (χ3n) is 3.15. The Morgan fingerprint density at radius 2 is 2.10 bits per heavy atom. The molecule has 0 aliphatic heterocycles. The van der Waals surface area contributed by atoms with Gasteiger partial charge in [0.2, 0.25) is 0 Å². The van der Waals surface area contributed by atoms with E-state index in [9.17, 15) is 10.1 Å². The molecule has 106 valence electrons. The Hall–Kier alpha value is -1.73. The Morgan fingerprint density at radius 1 is 1.45 bits per heavy atom. The van der Waals surface area contributed by atoms with Gasteiger partial charge in [-0.25, -0.2) is 4.68 Å². The molecular formula is C13H15BrN4O2. The van der Waals surface area contributed by atoms with Crippen LogP contribution in [0.2, 0.25) is 0 Å².